The van der Waals surface area contributed by atoms with Gasteiger partial charge in [0.2, 0.25) is 5.91 Å². The van der Waals surface area contributed by atoms with E-state index >= 15 is 0 Å². The summed E-state index contributed by atoms with van der Waals surface area (Å²) < 4.78 is 40.0. The first-order valence-electron chi connectivity index (χ1n) is 9.74. The smallest absolute Gasteiger partial charge is 0.383 e. The molecule has 0 aliphatic heterocycles. The molecule has 0 saturated carbocycles. The molecule has 0 atom stereocenters. The molecule has 0 unspecified atom stereocenters. The van der Waals surface area contributed by atoms with E-state index in [2.05, 4.69) is 4.98 Å². The van der Waals surface area contributed by atoms with Crippen LogP contribution in [0.4, 0.5) is 24.7 Å². The zero-order valence-corrected chi connectivity index (χ0v) is 17.1. The predicted octanol–water partition coefficient (Wildman–Crippen LogP) is 2.78. The summed E-state index contributed by atoms with van der Waals surface area (Å²) >= 11 is 0. The van der Waals surface area contributed by atoms with Crippen LogP contribution in [0.5, 0.6) is 0 Å². The minimum atomic E-state index is -4.54. The molecule has 1 aromatic heterocycles. The lowest BCUT2D eigenvalue weighted by Gasteiger charge is -2.23. The Morgan fingerprint density at radius 2 is 1.72 bits per heavy atom. The number of carbonyl (C=O) groups is 1. The van der Waals surface area contributed by atoms with Gasteiger partial charge in [0.05, 0.1) is 18.5 Å². The number of likely N-dealkylation sites (N-methyl/N-ethyl adjacent to an activating group) is 1. The molecule has 0 fully saturated rings. The second-order valence-electron chi connectivity index (χ2n) is 7.08. The molecule has 3 aromatic rings. The van der Waals surface area contributed by atoms with Crippen molar-refractivity contribution in [3.63, 3.8) is 0 Å². The fourth-order valence-corrected chi connectivity index (χ4v) is 3.35. The number of H-pyrrole nitrogens is 1. The summed E-state index contributed by atoms with van der Waals surface area (Å²) in [6.07, 6.45) is -4.92. The molecule has 10 heteroatoms. The molecule has 0 radical (unpaired) electrons. The van der Waals surface area contributed by atoms with E-state index in [1.54, 1.807) is 37.3 Å². The van der Waals surface area contributed by atoms with E-state index in [9.17, 15) is 27.6 Å². The van der Waals surface area contributed by atoms with Crippen molar-refractivity contribution in [1.82, 2.24) is 9.55 Å². The molecule has 0 aliphatic rings. The van der Waals surface area contributed by atoms with Crippen LogP contribution < -0.4 is 21.9 Å². The van der Waals surface area contributed by atoms with Crippen molar-refractivity contribution in [2.75, 3.05) is 17.2 Å². The Hall–Kier alpha value is -3.82. The van der Waals surface area contributed by atoms with Gasteiger partial charge in [-0.1, -0.05) is 48.5 Å². The molecule has 0 spiro atoms. The minimum absolute atomic E-state index is 0.0224. The summed E-state index contributed by atoms with van der Waals surface area (Å²) in [6.45, 7) is 1.68. The monoisotopic (exact) mass is 446 g/mol. The summed E-state index contributed by atoms with van der Waals surface area (Å²) in [4.78, 5) is 41.0. The van der Waals surface area contributed by atoms with E-state index in [0.717, 1.165) is 27.2 Å². The highest BCUT2D eigenvalue weighted by atomic mass is 19.4. The molecule has 168 valence electrons. The number of alkyl halides is 3. The fraction of sp³-hybridized carbons (Fsp3) is 0.227. The molecule has 1 heterocycles. The topological polar surface area (TPSA) is 101 Å². The number of aromatic amines is 1. The van der Waals surface area contributed by atoms with Crippen molar-refractivity contribution >= 4 is 17.4 Å². The molecular weight excluding hydrogens is 425 g/mol. The molecule has 1 amide bonds. The van der Waals surface area contributed by atoms with Crippen LogP contribution >= 0.6 is 0 Å². The maximum atomic E-state index is 13.0. The summed E-state index contributed by atoms with van der Waals surface area (Å²) in [6, 6.07) is 13.3. The predicted molar refractivity (Wildman–Crippen MR) is 114 cm³/mol. The highest BCUT2D eigenvalue weighted by Crippen LogP contribution is 2.30. The largest absolute Gasteiger partial charge is 0.416 e. The molecule has 0 aliphatic carbocycles. The van der Waals surface area contributed by atoms with E-state index in [1.165, 1.54) is 12.1 Å². The molecule has 2 aromatic carbocycles. The number of nitrogens with two attached hydrogens (primary N) is 1. The van der Waals surface area contributed by atoms with Gasteiger partial charge in [-0.3, -0.25) is 19.1 Å². The average molecular weight is 446 g/mol. The Labute approximate surface area is 180 Å². The zero-order valence-electron chi connectivity index (χ0n) is 17.1. The number of carbonyl (C=O) groups excluding carboxylic acids is 1. The average Bonchev–Trinajstić information content (AvgIpc) is 2.74. The van der Waals surface area contributed by atoms with Crippen molar-refractivity contribution in [3.8, 4) is 0 Å². The minimum Gasteiger partial charge on any atom is -0.383 e. The molecule has 7 nitrogen and oxygen atoms in total. The zero-order chi connectivity index (χ0) is 23.5. The summed E-state index contributed by atoms with van der Waals surface area (Å²) in [7, 11) is 0. The van der Waals surface area contributed by atoms with Crippen molar-refractivity contribution in [2.45, 2.75) is 26.1 Å². The Bertz CT molecular complexity index is 1230. The van der Waals surface area contributed by atoms with Gasteiger partial charge in [0.25, 0.3) is 5.56 Å². The van der Waals surface area contributed by atoms with Gasteiger partial charge in [0.1, 0.15) is 5.82 Å². The molecule has 3 N–H and O–H groups in total. The van der Waals surface area contributed by atoms with Crippen LogP contribution in [0.3, 0.4) is 0 Å². The van der Waals surface area contributed by atoms with Crippen LogP contribution in [0.15, 0.2) is 64.2 Å². The van der Waals surface area contributed by atoms with Crippen molar-refractivity contribution in [2.24, 2.45) is 0 Å². The summed E-state index contributed by atoms with van der Waals surface area (Å²) in [5, 5.41) is 0. The summed E-state index contributed by atoms with van der Waals surface area (Å²) in [5.74, 6) is -0.837. The van der Waals surface area contributed by atoms with Gasteiger partial charge in [-0.05, 0) is 24.1 Å². The van der Waals surface area contributed by atoms with Gasteiger partial charge >= 0.3 is 11.9 Å². The third kappa shape index (κ3) is 4.90. The first-order chi connectivity index (χ1) is 15.1. The third-order valence-electron chi connectivity index (χ3n) is 4.89. The number of benzene rings is 2. The van der Waals surface area contributed by atoms with Crippen LogP contribution in [-0.4, -0.2) is 22.0 Å². The van der Waals surface area contributed by atoms with Crippen LogP contribution in [-0.2, 0) is 23.9 Å². The molecule has 3 rings (SSSR count). The number of anilines is 2. The highest BCUT2D eigenvalue weighted by Gasteiger charge is 2.31. The van der Waals surface area contributed by atoms with Gasteiger partial charge in [-0.2, -0.15) is 13.2 Å². The highest BCUT2D eigenvalue weighted by molar-refractivity contribution is 5.96. The molecule has 0 bridgehead atoms. The molecule has 0 saturated heterocycles. The van der Waals surface area contributed by atoms with Gasteiger partial charge in [0, 0.05) is 6.54 Å². The number of nitrogen functional groups attached to an aromatic ring is 1. The lowest BCUT2D eigenvalue weighted by atomic mass is 10.1. The Balaban J connectivity index is 1.96. The lowest BCUT2D eigenvalue weighted by Crippen LogP contribution is -2.41. The van der Waals surface area contributed by atoms with Gasteiger partial charge in [-0.25, -0.2) is 4.79 Å². The fourth-order valence-electron chi connectivity index (χ4n) is 3.35. The van der Waals surface area contributed by atoms with Gasteiger partial charge < -0.3 is 10.6 Å². The number of halogens is 3. The van der Waals surface area contributed by atoms with Crippen LogP contribution in [0.2, 0.25) is 0 Å². The van der Waals surface area contributed by atoms with E-state index < -0.39 is 28.9 Å². The maximum Gasteiger partial charge on any atom is 0.416 e. The number of nitrogens with one attached hydrogen (secondary N) is 1. The van der Waals surface area contributed by atoms with Crippen molar-refractivity contribution in [1.29, 1.82) is 0 Å². The number of aromatic nitrogens is 2. The Morgan fingerprint density at radius 1 is 1.06 bits per heavy atom. The van der Waals surface area contributed by atoms with Crippen molar-refractivity contribution in [3.05, 3.63) is 92.1 Å². The number of hydrogen-bond acceptors (Lipinski definition) is 4. The van der Waals surface area contributed by atoms with E-state index in [4.69, 9.17) is 5.73 Å². The Morgan fingerprint density at radius 3 is 2.34 bits per heavy atom. The number of rotatable bonds is 6. The van der Waals surface area contributed by atoms with E-state index in [1.807, 2.05) is 0 Å². The number of amides is 1. The normalized spacial score (nSPS) is 11.4. The first-order valence-corrected chi connectivity index (χ1v) is 9.74. The van der Waals surface area contributed by atoms with E-state index in [0.29, 0.717) is 0 Å². The number of nitrogens with zero attached hydrogens (tertiary/aromatic N) is 2. The van der Waals surface area contributed by atoms with Gasteiger partial charge in [0.15, 0.2) is 5.69 Å². The third-order valence-corrected chi connectivity index (χ3v) is 4.89. The summed E-state index contributed by atoms with van der Waals surface area (Å²) in [5.41, 5.74) is 4.32. The molecular formula is C22H21F3N4O3. The van der Waals surface area contributed by atoms with Crippen LogP contribution in [0.25, 0.3) is 0 Å². The first kappa shape index (κ1) is 22.9. The number of hydrogen-bond donors (Lipinski definition) is 2. The second kappa shape index (κ2) is 9.13. The van der Waals surface area contributed by atoms with Crippen molar-refractivity contribution < 1.29 is 18.0 Å². The van der Waals surface area contributed by atoms with E-state index in [-0.39, 0.29) is 36.6 Å². The second-order valence-corrected chi connectivity index (χ2v) is 7.08. The lowest BCUT2D eigenvalue weighted by molar-refractivity contribution is -0.137. The Kier molecular flexibility index (Phi) is 6.52. The van der Waals surface area contributed by atoms with Crippen LogP contribution in [0, 0.1) is 0 Å². The maximum absolute atomic E-state index is 13.0. The standard InChI is InChI=1S/C22H21F3N4O3/c1-2-28(17(30)12-15-9-6-10-16(11-15)22(23,24)25)18-19(26)29(21(32)27-20(18)31)13-14-7-4-3-5-8-14/h3-11H,2,12-13,26H2,1H3,(H,27,31,32). The SMILES string of the molecule is CCN(C(=O)Cc1cccc(C(F)(F)F)c1)c1c(N)n(Cc2ccccc2)c(=O)[nH]c1=O. The van der Waals surface area contributed by atoms with Crippen LogP contribution in [0.1, 0.15) is 23.6 Å². The quantitative estimate of drug-likeness (QED) is 0.608. The van der Waals surface area contributed by atoms with Gasteiger partial charge in [-0.15, -0.1) is 0 Å². The molecule has 32 heavy (non-hydrogen) atoms.